The predicted octanol–water partition coefficient (Wildman–Crippen LogP) is 1.25. The van der Waals surface area contributed by atoms with Gasteiger partial charge in [-0.3, -0.25) is 0 Å². The summed E-state index contributed by atoms with van der Waals surface area (Å²) in [5.74, 6) is 1.67. The van der Waals surface area contributed by atoms with Gasteiger partial charge in [-0.25, -0.2) is 0 Å². The lowest BCUT2D eigenvalue weighted by molar-refractivity contribution is 0.410. The van der Waals surface area contributed by atoms with Crippen LogP contribution in [0.2, 0.25) is 0 Å². The highest BCUT2D eigenvalue weighted by Crippen LogP contribution is 2.29. The van der Waals surface area contributed by atoms with E-state index in [4.69, 9.17) is 9.26 Å². The van der Waals surface area contributed by atoms with Gasteiger partial charge < -0.3 is 19.5 Å². The second-order valence-electron chi connectivity index (χ2n) is 4.11. The largest absolute Gasteiger partial charge is 0.497 e. The van der Waals surface area contributed by atoms with Gasteiger partial charge in [0.1, 0.15) is 11.3 Å². The molecule has 1 aliphatic heterocycles. The maximum atomic E-state index is 5.45. The first-order valence-electron chi connectivity index (χ1n) is 5.77. The first-order chi connectivity index (χ1) is 8.38. The summed E-state index contributed by atoms with van der Waals surface area (Å²) in [6.07, 6.45) is 0. The number of piperazine rings is 1. The number of aromatic nitrogens is 1. The summed E-state index contributed by atoms with van der Waals surface area (Å²) in [6.45, 7) is 3.88. The van der Waals surface area contributed by atoms with Crippen LogP contribution in [0.3, 0.4) is 0 Å². The Labute approximate surface area is 99.3 Å². The summed E-state index contributed by atoms with van der Waals surface area (Å²) in [5, 5.41) is 8.45. The summed E-state index contributed by atoms with van der Waals surface area (Å²) in [7, 11) is 1.65. The average Bonchev–Trinajstić information content (AvgIpc) is 2.82. The Kier molecular flexibility index (Phi) is 2.60. The van der Waals surface area contributed by atoms with E-state index < -0.39 is 0 Å². The van der Waals surface area contributed by atoms with Crippen LogP contribution >= 0.6 is 0 Å². The van der Waals surface area contributed by atoms with Crippen molar-refractivity contribution in [2.75, 3.05) is 38.2 Å². The normalized spacial score (nSPS) is 16.4. The Morgan fingerprint density at radius 2 is 2.18 bits per heavy atom. The molecule has 1 N–H and O–H groups in total. The third-order valence-electron chi connectivity index (χ3n) is 3.07. The molecule has 0 bridgehead atoms. The summed E-state index contributed by atoms with van der Waals surface area (Å²) in [6, 6.07) is 5.83. The predicted molar refractivity (Wildman–Crippen MR) is 65.6 cm³/mol. The van der Waals surface area contributed by atoms with Gasteiger partial charge in [0, 0.05) is 32.2 Å². The smallest absolute Gasteiger partial charge is 0.235 e. The quantitative estimate of drug-likeness (QED) is 0.846. The second-order valence-corrected chi connectivity index (χ2v) is 4.11. The van der Waals surface area contributed by atoms with Crippen molar-refractivity contribution < 1.29 is 9.26 Å². The number of rotatable bonds is 2. The molecule has 2 heterocycles. The third-order valence-corrected chi connectivity index (χ3v) is 3.07. The average molecular weight is 233 g/mol. The molecule has 5 heteroatoms. The minimum absolute atomic E-state index is 0.803. The van der Waals surface area contributed by atoms with Gasteiger partial charge in [-0.05, 0) is 12.1 Å². The number of nitrogens with zero attached hydrogens (tertiary/aromatic N) is 2. The number of methoxy groups -OCH3 is 1. The zero-order valence-electron chi connectivity index (χ0n) is 9.77. The second kappa shape index (κ2) is 4.25. The maximum Gasteiger partial charge on any atom is 0.235 e. The topological polar surface area (TPSA) is 50.5 Å². The van der Waals surface area contributed by atoms with Crippen LogP contribution in [0.25, 0.3) is 10.9 Å². The number of nitrogens with one attached hydrogen (secondary N) is 1. The lowest BCUT2D eigenvalue weighted by Gasteiger charge is -2.26. The minimum atomic E-state index is 0.803. The Morgan fingerprint density at radius 3 is 2.94 bits per heavy atom. The van der Waals surface area contributed by atoms with Crippen molar-refractivity contribution in [1.29, 1.82) is 0 Å². The molecule has 0 spiro atoms. The molecular weight excluding hydrogens is 218 g/mol. The van der Waals surface area contributed by atoms with E-state index in [2.05, 4.69) is 15.4 Å². The molecule has 0 unspecified atom stereocenters. The van der Waals surface area contributed by atoms with E-state index >= 15 is 0 Å². The lowest BCUT2D eigenvalue weighted by Crippen LogP contribution is -2.43. The summed E-state index contributed by atoms with van der Waals surface area (Å²) >= 11 is 0. The van der Waals surface area contributed by atoms with Crippen molar-refractivity contribution in [3.05, 3.63) is 18.2 Å². The molecule has 0 radical (unpaired) electrons. The highest BCUT2D eigenvalue weighted by molar-refractivity contribution is 5.89. The fraction of sp³-hybridized carbons (Fsp3) is 0.417. The van der Waals surface area contributed by atoms with Gasteiger partial charge in [-0.1, -0.05) is 5.16 Å². The van der Waals surface area contributed by atoms with Gasteiger partial charge >= 0.3 is 0 Å². The van der Waals surface area contributed by atoms with Crippen molar-refractivity contribution in [2.24, 2.45) is 0 Å². The van der Waals surface area contributed by atoms with E-state index in [1.165, 1.54) is 0 Å². The molecule has 90 valence electrons. The Balaban J connectivity index is 1.99. The van der Waals surface area contributed by atoms with Crippen molar-refractivity contribution in [3.63, 3.8) is 0 Å². The molecule has 3 rings (SSSR count). The fourth-order valence-corrected chi connectivity index (χ4v) is 2.13. The number of anilines is 1. The molecule has 5 nitrogen and oxygen atoms in total. The molecule has 1 aromatic heterocycles. The molecule has 1 fully saturated rings. The van der Waals surface area contributed by atoms with Crippen molar-refractivity contribution >= 4 is 16.8 Å². The highest BCUT2D eigenvalue weighted by atomic mass is 16.5. The monoisotopic (exact) mass is 233 g/mol. The molecule has 0 amide bonds. The molecule has 1 aromatic carbocycles. The van der Waals surface area contributed by atoms with Crippen LogP contribution < -0.4 is 15.0 Å². The van der Waals surface area contributed by atoms with Crippen LogP contribution in [-0.2, 0) is 0 Å². The van der Waals surface area contributed by atoms with Crippen LogP contribution in [0.15, 0.2) is 22.7 Å². The van der Waals surface area contributed by atoms with E-state index in [0.29, 0.717) is 0 Å². The molecule has 0 atom stereocenters. The minimum Gasteiger partial charge on any atom is -0.497 e. The molecule has 0 aliphatic carbocycles. The van der Waals surface area contributed by atoms with Crippen LogP contribution in [-0.4, -0.2) is 38.4 Å². The SMILES string of the molecule is COc1ccc2c(N3CCNCC3)onc2c1. The number of hydrogen-bond donors (Lipinski definition) is 1. The number of fused-ring (bicyclic) bond motifs is 1. The zero-order valence-corrected chi connectivity index (χ0v) is 9.77. The van der Waals surface area contributed by atoms with Crippen LogP contribution in [0.5, 0.6) is 5.75 Å². The van der Waals surface area contributed by atoms with Crippen LogP contribution in [0.4, 0.5) is 5.88 Å². The van der Waals surface area contributed by atoms with Crippen molar-refractivity contribution in [2.45, 2.75) is 0 Å². The fourth-order valence-electron chi connectivity index (χ4n) is 2.13. The first kappa shape index (κ1) is 10.4. The zero-order chi connectivity index (χ0) is 11.7. The standard InChI is InChI=1S/C12H15N3O2/c1-16-9-2-3-10-11(8-9)14-17-12(10)15-6-4-13-5-7-15/h2-3,8,13H,4-7H2,1H3. The maximum absolute atomic E-state index is 5.45. The first-order valence-corrected chi connectivity index (χ1v) is 5.77. The summed E-state index contributed by atoms with van der Waals surface area (Å²) in [5.41, 5.74) is 0.845. The van der Waals surface area contributed by atoms with Gasteiger partial charge in [0.25, 0.3) is 0 Å². The molecule has 17 heavy (non-hydrogen) atoms. The molecule has 2 aromatic rings. The summed E-state index contributed by atoms with van der Waals surface area (Å²) < 4.78 is 10.6. The van der Waals surface area contributed by atoms with E-state index in [1.807, 2.05) is 18.2 Å². The lowest BCUT2D eigenvalue weighted by atomic mass is 10.2. The highest BCUT2D eigenvalue weighted by Gasteiger charge is 2.18. The van der Waals surface area contributed by atoms with E-state index in [-0.39, 0.29) is 0 Å². The Hall–Kier alpha value is -1.75. The van der Waals surface area contributed by atoms with Crippen LogP contribution in [0, 0.1) is 0 Å². The van der Waals surface area contributed by atoms with Crippen molar-refractivity contribution in [1.82, 2.24) is 10.5 Å². The van der Waals surface area contributed by atoms with E-state index in [0.717, 1.165) is 48.7 Å². The van der Waals surface area contributed by atoms with Gasteiger partial charge in [-0.2, -0.15) is 0 Å². The van der Waals surface area contributed by atoms with Gasteiger partial charge in [0.05, 0.1) is 12.5 Å². The number of hydrogen-bond acceptors (Lipinski definition) is 5. The van der Waals surface area contributed by atoms with Gasteiger partial charge in [0.15, 0.2) is 0 Å². The number of benzene rings is 1. The molecule has 1 saturated heterocycles. The molecule has 0 saturated carbocycles. The Bertz CT molecular complexity index is 517. The molecular formula is C12H15N3O2. The Morgan fingerprint density at radius 1 is 1.35 bits per heavy atom. The van der Waals surface area contributed by atoms with Crippen molar-refractivity contribution in [3.8, 4) is 5.75 Å². The van der Waals surface area contributed by atoms with E-state index in [1.54, 1.807) is 7.11 Å². The van der Waals surface area contributed by atoms with Gasteiger partial charge in [0.2, 0.25) is 5.88 Å². The summed E-state index contributed by atoms with van der Waals surface area (Å²) in [4.78, 5) is 2.22. The molecule has 1 aliphatic rings. The van der Waals surface area contributed by atoms with Gasteiger partial charge in [-0.15, -0.1) is 0 Å². The van der Waals surface area contributed by atoms with Crippen LogP contribution in [0.1, 0.15) is 0 Å². The third kappa shape index (κ3) is 1.82. The number of ether oxygens (including phenoxy) is 1. The van der Waals surface area contributed by atoms with E-state index in [9.17, 15) is 0 Å².